The molecule has 1 unspecified atom stereocenters. The second-order valence-corrected chi connectivity index (χ2v) is 6.98. The topological polar surface area (TPSA) is 154 Å². The zero-order valence-corrected chi connectivity index (χ0v) is 17.5. The Bertz CT molecular complexity index is 932. The maximum absolute atomic E-state index is 9.71. The number of nitrogens with zero attached hydrogens (tertiary/aromatic N) is 7. The van der Waals surface area contributed by atoms with Gasteiger partial charge in [-0.3, -0.25) is 0 Å². The third-order valence-electron chi connectivity index (χ3n) is 4.44. The molecule has 0 saturated heterocycles. The molecule has 0 aliphatic carbocycles. The number of aliphatic hydroxyl groups is 3. The summed E-state index contributed by atoms with van der Waals surface area (Å²) >= 11 is 0. The molecule has 1 aromatic heterocycles. The van der Waals surface area contributed by atoms with Gasteiger partial charge in [-0.15, -0.1) is 10.2 Å². The van der Waals surface area contributed by atoms with Gasteiger partial charge in [0.15, 0.2) is 5.82 Å². The van der Waals surface area contributed by atoms with Crippen LogP contribution < -0.4 is 4.90 Å². The van der Waals surface area contributed by atoms with Crippen molar-refractivity contribution in [2.75, 3.05) is 31.2 Å². The molecular formula is C21H27N7O3. The molecule has 10 heteroatoms. The average molecular weight is 425 g/mol. The van der Waals surface area contributed by atoms with E-state index in [2.05, 4.69) is 20.2 Å². The van der Waals surface area contributed by atoms with Gasteiger partial charge < -0.3 is 20.2 Å². The van der Waals surface area contributed by atoms with Crippen LogP contribution in [0.1, 0.15) is 31.0 Å². The monoisotopic (exact) mass is 425 g/mol. The molecule has 164 valence electrons. The van der Waals surface area contributed by atoms with Gasteiger partial charge in [0.05, 0.1) is 36.5 Å². The fourth-order valence-corrected chi connectivity index (χ4v) is 3.02. The first kappa shape index (κ1) is 24.0. The van der Waals surface area contributed by atoms with E-state index in [9.17, 15) is 10.4 Å². The summed E-state index contributed by atoms with van der Waals surface area (Å²) in [6, 6.07) is 11.3. The SMILES string of the molecule is CC(O)Cn1nc(CC#N)c(C#N)c1N=Nc1ccc(N(CCCO)CCCO)cc1. The number of azo groups is 1. The van der Waals surface area contributed by atoms with Crippen LogP contribution >= 0.6 is 0 Å². The van der Waals surface area contributed by atoms with Crippen LogP contribution in [-0.2, 0) is 13.0 Å². The Hall–Kier alpha value is -3.31. The molecule has 0 fully saturated rings. The van der Waals surface area contributed by atoms with Crippen LogP contribution in [0.5, 0.6) is 0 Å². The average Bonchev–Trinajstić information content (AvgIpc) is 3.08. The van der Waals surface area contributed by atoms with Crippen molar-refractivity contribution in [3.05, 3.63) is 35.5 Å². The van der Waals surface area contributed by atoms with E-state index >= 15 is 0 Å². The maximum Gasteiger partial charge on any atom is 0.191 e. The number of anilines is 1. The molecule has 0 aliphatic heterocycles. The molecule has 2 aromatic rings. The van der Waals surface area contributed by atoms with Crippen LogP contribution in [0, 0.1) is 22.7 Å². The van der Waals surface area contributed by atoms with Crippen molar-refractivity contribution in [3.8, 4) is 12.1 Å². The number of hydrogen-bond donors (Lipinski definition) is 3. The van der Waals surface area contributed by atoms with Gasteiger partial charge in [0.1, 0.15) is 11.6 Å². The van der Waals surface area contributed by atoms with Crippen LogP contribution in [0.3, 0.4) is 0 Å². The van der Waals surface area contributed by atoms with Crippen LogP contribution in [0.25, 0.3) is 0 Å². The van der Waals surface area contributed by atoms with Crippen molar-refractivity contribution in [2.45, 2.75) is 38.8 Å². The number of aromatic nitrogens is 2. The van der Waals surface area contributed by atoms with Crippen molar-refractivity contribution in [3.63, 3.8) is 0 Å². The quantitative estimate of drug-likeness (QED) is 0.440. The summed E-state index contributed by atoms with van der Waals surface area (Å²) in [6.07, 6.45) is 0.507. The van der Waals surface area contributed by atoms with Gasteiger partial charge in [-0.1, -0.05) is 0 Å². The predicted molar refractivity (Wildman–Crippen MR) is 114 cm³/mol. The lowest BCUT2D eigenvalue weighted by Crippen LogP contribution is -2.26. The van der Waals surface area contributed by atoms with E-state index in [-0.39, 0.29) is 37.6 Å². The summed E-state index contributed by atoms with van der Waals surface area (Å²) in [5, 5.41) is 59.0. The summed E-state index contributed by atoms with van der Waals surface area (Å²) in [7, 11) is 0. The number of nitriles is 2. The van der Waals surface area contributed by atoms with Gasteiger partial charge >= 0.3 is 0 Å². The Morgan fingerprint density at radius 2 is 1.74 bits per heavy atom. The van der Waals surface area contributed by atoms with E-state index in [4.69, 9.17) is 15.5 Å². The zero-order valence-electron chi connectivity index (χ0n) is 17.5. The minimum Gasteiger partial charge on any atom is -0.396 e. The van der Waals surface area contributed by atoms with Gasteiger partial charge in [-0.05, 0) is 44.0 Å². The van der Waals surface area contributed by atoms with Crippen LogP contribution in [0.15, 0.2) is 34.5 Å². The summed E-state index contributed by atoms with van der Waals surface area (Å²) in [6.45, 7) is 3.25. The molecule has 1 aromatic carbocycles. The Morgan fingerprint density at radius 1 is 1.10 bits per heavy atom. The maximum atomic E-state index is 9.71. The molecule has 0 radical (unpaired) electrons. The van der Waals surface area contributed by atoms with Gasteiger partial charge in [-0.25, -0.2) is 4.68 Å². The Balaban J connectivity index is 2.27. The highest BCUT2D eigenvalue weighted by Crippen LogP contribution is 2.27. The number of aliphatic hydroxyl groups excluding tert-OH is 3. The smallest absolute Gasteiger partial charge is 0.191 e. The van der Waals surface area contributed by atoms with Crippen molar-refractivity contribution in [2.24, 2.45) is 10.2 Å². The van der Waals surface area contributed by atoms with Crippen LogP contribution in [0.2, 0.25) is 0 Å². The molecule has 3 N–H and O–H groups in total. The fourth-order valence-electron chi connectivity index (χ4n) is 3.02. The van der Waals surface area contributed by atoms with Gasteiger partial charge in [0.2, 0.25) is 0 Å². The number of rotatable bonds is 12. The van der Waals surface area contributed by atoms with Gasteiger partial charge in [0.25, 0.3) is 0 Å². The van der Waals surface area contributed by atoms with E-state index in [1.807, 2.05) is 24.3 Å². The number of hydrogen-bond acceptors (Lipinski definition) is 9. The first-order valence-electron chi connectivity index (χ1n) is 10.1. The third-order valence-corrected chi connectivity index (χ3v) is 4.44. The molecule has 0 spiro atoms. The van der Waals surface area contributed by atoms with E-state index in [1.165, 1.54) is 4.68 Å². The predicted octanol–water partition coefficient (Wildman–Crippen LogP) is 2.19. The normalized spacial score (nSPS) is 11.9. The standard InChI is InChI=1S/C21H27N7O3/c1-16(31)15-28-21(19(14-23)20(26-28)8-9-22)25-24-17-4-6-18(7-5-17)27(10-2-12-29)11-3-13-30/h4-7,16,29-31H,2-3,8,10-13,15H2,1H3. The highest BCUT2D eigenvalue weighted by molar-refractivity contribution is 5.54. The Labute approximate surface area is 181 Å². The molecule has 0 bridgehead atoms. The van der Waals surface area contributed by atoms with Crippen LogP contribution in [-0.4, -0.2) is 57.5 Å². The minimum atomic E-state index is -0.710. The first-order valence-corrected chi connectivity index (χ1v) is 10.1. The second-order valence-electron chi connectivity index (χ2n) is 6.98. The van der Waals surface area contributed by atoms with Gasteiger partial charge in [-0.2, -0.15) is 15.6 Å². The lowest BCUT2D eigenvalue weighted by atomic mass is 10.2. The van der Waals surface area contributed by atoms with Crippen molar-refractivity contribution >= 4 is 17.2 Å². The highest BCUT2D eigenvalue weighted by Gasteiger charge is 2.18. The molecule has 0 aliphatic rings. The third kappa shape index (κ3) is 6.86. The second kappa shape index (κ2) is 12.4. The lowest BCUT2D eigenvalue weighted by Gasteiger charge is -2.24. The Morgan fingerprint density at radius 3 is 2.26 bits per heavy atom. The Kier molecular flexibility index (Phi) is 9.59. The zero-order chi connectivity index (χ0) is 22.6. The van der Waals surface area contributed by atoms with E-state index in [1.54, 1.807) is 19.1 Å². The molecule has 31 heavy (non-hydrogen) atoms. The summed E-state index contributed by atoms with van der Waals surface area (Å²) in [5.41, 5.74) is 1.97. The molecule has 1 heterocycles. The molecule has 2 rings (SSSR count). The lowest BCUT2D eigenvalue weighted by molar-refractivity contribution is 0.169. The summed E-state index contributed by atoms with van der Waals surface area (Å²) in [5.74, 6) is 0.199. The first-order chi connectivity index (χ1) is 15.0. The van der Waals surface area contributed by atoms with Gasteiger partial charge in [0, 0.05) is 32.0 Å². The van der Waals surface area contributed by atoms with Crippen molar-refractivity contribution < 1.29 is 15.3 Å². The largest absolute Gasteiger partial charge is 0.396 e. The minimum absolute atomic E-state index is 0.0373. The summed E-state index contributed by atoms with van der Waals surface area (Å²) < 4.78 is 1.39. The molecule has 0 amide bonds. The van der Waals surface area contributed by atoms with Crippen molar-refractivity contribution in [1.29, 1.82) is 10.5 Å². The molecule has 10 nitrogen and oxygen atoms in total. The molecular weight excluding hydrogens is 398 g/mol. The molecule has 1 atom stereocenters. The molecule has 0 saturated carbocycles. The van der Waals surface area contributed by atoms with E-state index in [0.717, 1.165) is 5.69 Å². The summed E-state index contributed by atoms with van der Waals surface area (Å²) in [4.78, 5) is 2.08. The highest BCUT2D eigenvalue weighted by atomic mass is 16.3. The van der Waals surface area contributed by atoms with Crippen molar-refractivity contribution in [1.82, 2.24) is 9.78 Å². The van der Waals surface area contributed by atoms with Crippen LogP contribution in [0.4, 0.5) is 17.2 Å². The van der Waals surface area contributed by atoms with E-state index in [0.29, 0.717) is 37.3 Å². The fraction of sp³-hybridized carbons (Fsp3) is 0.476. The van der Waals surface area contributed by atoms with E-state index < -0.39 is 6.10 Å². The number of benzene rings is 1.